The summed E-state index contributed by atoms with van der Waals surface area (Å²) in [5.41, 5.74) is 0.0845. The normalized spacial score (nSPS) is 11.5. The molecule has 0 aliphatic carbocycles. The Balaban J connectivity index is 1.91. The molecule has 0 aliphatic heterocycles. The van der Waals surface area contributed by atoms with Crippen LogP contribution in [-0.2, 0) is 16.6 Å². The maximum absolute atomic E-state index is 12.7. The van der Waals surface area contributed by atoms with E-state index < -0.39 is 6.67 Å². The van der Waals surface area contributed by atoms with Crippen LogP contribution in [0.5, 0.6) is 0 Å². The second kappa shape index (κ2) is 10.6. The molecule has 2 aromatic rings. The number of alkyl halides is 1. The van der Waals surface area contributed by atoms with Crippen LogP contribution in [0.1, 0.15) is 58.2 Å². The van der Waals surface area contributed by atoms with E-state index in [2.05, 4.69) is 37.6 Å². The van der Waals surface area contributed by atoms with E-state index >= 15 is 0 Å². The molecule has 6 nitrogen and oxygen atoms in total. The van der Waals surface area contributed by atoms with Crippen LogP contribution < -0.4 is 4.90 Å². The fourth-order valence-electron chi connectivity index (χ4n) is 2.66. The summed E-state index contributed by atoms with van der Waals surface area (Å²) in [6, 6.07) is 3.56. The Morgan fingerprint density at radius 3 is 2.69 bits per heavy atom. The molecule has 29 heavy (non-hydrogen) atoms. The number of aryl methyl sites for hydroxylation is 1. The lowest BCUT2D eigenvalue weighted by atomic mass is 9.97. The van der Waals surface area contributed by atoms with Crippen LogP contribution in [0.4, 0.5) is 10.2 Å². The summed E-state index contributed by atoms with van der Waals surface area (Å²) in [5.74, 6) is 1.57. The van der Waals surface area contributed by atoms with Crippen LogP contribution >= 0.6 is 15.9 Å². The molecule has 0 radical (unpaired) electrons. The van der Waals surface area contributed by atoms with Crippen LogP contribution in [0.15, 0.2) is 39.5 Å². The van der Waals surface area contributed by atoms with Gasteiger partial charge >= 0.3 is 0 Å². The third-order valence-corrected chi connectivity index (χ3v) is 4.81. The standard InChI is InChI=1S/C21H28BrFN4O2/c1-15(9-11-23)19(28)27(18-14-16(22)10-12-24-18)13-7-5-6-8-17-25-20(29-26-17)21(2,3)4/h10,12,14H,1,5-9,11,13H2,2-4H3. The minimum Gasteiger partial charge on any atom is -0.339 e. The van der Waals surface area contributed by atoms with Gasteiger partial charge in [-0.25, -0.2) is 4.98 Å². The Bertz CT molecular complexity index is 832. The van der Waals surface area contributed by atoms with Gasteiger partial charge in [0.05, 0.1) is 6.67 Å². The fourth-order valence-corrected chi connectivity index (χ4v) is 2.99. The predicted octanol–water partition coefficient (Wildman–Crippen LogP) is 5.19. The van der Waals surface area contributed by atoms with Crippen molar-refractivity contribution in [1.29, 1.82) is 0 Å². The van der Waals surface area contributed by atoms with Crippen LogP contribution in [0.25, 0.3) is 0 Å². The number of halogens is 2. The summed E-state index contributed by atoms with van der Waals surface area (Å²) in [7, 11) is 0. The molecule has 0 saturated heterocycles. The lowest BCUT2D eigenvalue weighted by Crippen LogP contribution is -2.33. The third-order valence-electron chi connectivity index (χ3n) is 4.32. The Morgan fingerprint density at radius 2 is 2.07 bits per heavy atom. The molecule has 8 heteroatoms. The molecular weight excluding hydrogens is 439 g/mol. The molecule has 0 saturated carbocycles. The van der Waals surface area contributed by atoms with E-state index in [-0.39, 0.29) is 23.3 Å². The highest BCUT2D eigenvalue weighted by molar-refractivity contribution is 9.10. The first-order valence-corrected chi connectivity index (χ1v) is 10.5. The van der Waals surface area contributed by atoms with Gasteiger partial charge in [-0.3, -0.25) is 14.1 Å². The van der Waals surface area contributed by atoms with Crippen molar-refractivity contribution in [1.82, 2.24) is 15.1 Å². The fraction of sp³-hybridized carbons (Fsp3) is 0.524. The van der Waals surface area contributed by atoms with Crippen LogP contribution in [0, 0.1) is 0 Å². The summed E-state index contributed by atoms with van der Waals surface area (Å²) < 4.78 is 18.8. The van der Waals surface area contributed by atoms with Crippen molar-refractivity contribution in [2.75, 3.05) is 18.1 Å². The smallest absolute Gasteiger partial charge is 0.254 e. The number of pyridine rings is 1. The van der Waals surface area contributed by atoms with E-state index in [1.54, 1.807) is 23.2 Å². The first kappa shape index (κ1) is 23.2. The summed E-state index contributed by atoms with van der Waals surface area (Å²) in [5, 5.41) is 4.03. The Kier molecular flexibility index (Phi) is 8.49. The zero-order chi connectivity index (χ0) is 21.4. The first-order valence-electron chi connectivity index (χ1n) is 9.72. The quantitative estimate of drug-likeness (QED) is 0.355. The summed E-state index contributed by atoms with van der Waals surface area (Å²) in [4.78, 5) is 23.0. The highest BCUT2D eigenvalue weighted by Gasteiger charge is 2.22. The average Bonchev–Trinajstić information content (AvgIpc) is 3.14. The van der Waals surface area contributed by atoms with Gasteiger partial charge in [-0.05, 0) is 25.0 Å². The van der Waals surface area contributed by atoms with E-state index in [0.29, 0.717) is 24.1 Å². The van der Waals surface area contributed by atoms with Crippen molar-refractivity contribution in [2.24, 2.45) is 0 Å². The zero-order valence-electron chi connectivity index (χ0n) is 17.3. The number of amides is 1. The molecule has 0 fully saturated rings. The number of hydrogen-bond acceptors (Lipinski definition) is 5. The summed E-state index contributed by atoms with van der Waals surface area (Å²) in [6.07, 6.45) is 4.90. The second-order valence-corrected chi connectivity index (χ2v) is 8.82. The van der Waals surface area contributed by atoms with Crippen molar-refractivity contribution < 1.29 is 13.7 Å². The van der Waals surface area contributed by atoms with Crippen molar-refractivity contribution in [3.05, 3.63) is 46.7 Å². The molecule has 1 amide bonds. The molecule has 0 atom stereocenters. The minimum atomic E-state index is -0.606. The summed E-state index contributed by atoms with van der Waals surface area (Å²) >= 11 is 3.40. The molecule has 0 aromatic carbocycles. The number of hydrogen-bond donors (Lipinski definition) is 0. The van der Waals surface area contributed by atoms with Gasteiger partial charge in [-0.1, -0.05) is 54.9 Å². The number of unbranched alkanes of at least 4 members (excludes halogenated alkanes) is 2. The number of rotatable bonds is 10. The second-order valence-electron chi connectivity index (χ2n) is 7.91. The van der Waals surface area contributed by atoms with Crippen LogP contribution in [0.3, 0.4) is 0 Å². The molecule has 0 aliphatic rings. The van der Waals surface area contributed by atoms with Gasteiger partial charge in [0, 0.05) is 41.0 Å². The molecule has 0 spiro atoms. The third kappa shape index (κ3) is 7.03. The summed E-state index contributed by atoms with van der Waals surface area (Å²) in [6.45, 7) is 9.69. The van der Waals surface area contributed by atoms with Gasteiger partial charge in [0.2, 0.25) is 5.89 Å². The first-order chi connectivity index (χ1) is 13.7. The van der Waals surface area contributed by atoms with E-state index in [9.17, 15) is 9.18 Å². The zero-order valence-corrected chi connectivity index (χ0v) is 18.8. The number of carbonyl (C=O) groups is 1. The maximum atomic E-state index is 12.7. The number of aromatic nitrogens is 3. The topological polar surface area (TPSA) is 72.1 Å². The monoisotopic (exact) mass is 466 g/mol. The van der Waals surface area contributed by atoms with Gasteiger partial charge in [0.1, 0.15) is 5.82 Å². The molecule has 2 rings (SSSR count). The van der Waals surface area contributed by atoms with Gasteiger partial charge in [-0.15, -0.1) is 0 Å². The van der Waals surface area contributed by atoms with E-state index in [4.69, 9.17) is 4.52 Å². The maximum Gasteiger partial charge on any atom is 0.254 e. The highest BCUT2D eigenvalue weighted by atomic mass is 79.9. The lowest BCUT2D eigenvalue weighted by Gasteiger charge is -2.22. The van der Waals surface area contributed by atoms with Crippen molar-refractivity contribution in [3.63, 3.8) is 0 Å². The molecule has 0 N–H and O–H groups in total. The molecule has 2 heterocycles. The number of nitrogens with zero attached hydrogens (tertiary/aromatic N) is 4. The van der Waals surface area contributed by atoms with Crippen molar-refractivity contribution in [3.8, 4) is 0 Å². The van der Waals surface area contributed by atoms with Crippen molar-refractivity contribution >= 4 is 27.7 Å². The van der Waals surface area contributed by atoms with E-state index in [1.165, 1.54) is 0 Å². The minimum absolute atomic E-state index is 0.0251. The molecule has 158 valence electrons. The van der Waals surface area contributed by atoms with Crippen molar-refractivity contribution in [2.45, 2.75) is 58.3 Å². The Morgan fingerprint density at radius 1 is 1.31 bits per heavy atom. The molecule has 0 bridgehead atoms. The van der Waals surface area contributed by atoms with E-state index in [0.717, 1.165) is 30.2 Å². The van der Waals surface area contributed by atoms with Gasteiger partial charge in [0.25, 0.3) is 5.91 Å². The highest BCUT2D eigenvalue weighted by Crippen LogP contribution is 2.21. The molecule has 2 aromatic heterocycles. The van der Waals surface area contributed by atoms with Gasteiger partial charge < -0.3 is 4.52 Å². The van der Waals surface area contributed by atoms with Gasteiger partial charge in [-0.2, -0.15) is 4.98 Å². The molecular formula is C21H28BrFN4O2. The number of carbonyl (C=O) groups excluding carboxylic acids is 1. The van der Waals surface area contributed by atoms with E-state index in [1.807, 2.05) is 20.8 Å². The predicted molar refractivity (Wildman–Crippen MR) is 115 cm³/mol. The van der Waals surface area contributed by atoms with Crippen LogP contribution in [0.2, 0.25) is 0 Å². The SMILES string of the molecule is C=C(CCF)C(=O)N(CCCCCc1noc(C(C)(C)C)n1)c1cc(Br)ccn1. The largest absolute Gasteiger partial charge is 0.339 e. The Labute approximate surface area is 179 Å². The van der Waals surface area contributed by atoms with Gasteiger partial charge in [0.15, 0.2) is 5.82 Å². The molecule has 0 unspecified atom stereocenters. The average molecular weight is 467 g/mol. The Hall–Kier alpha value is -2.09. The number of anilines is 1. The lowest BCUT2D eigenvalue weighted by molar-refractivity contribution is -0.115. The van der Waals surface area contributed by atoms with Crippen LogP contribution in [-0.4, -0.2) is 34.3 Å².